The number of rotatable bonds is 0. The van der Waals surface area contributed by atoms with E-state index in [1.54, 1.807) is 0 Å². The Labute approximate surface area is 127 Å². The van der Waals surface area contributed by atoms with E-state index >= 15 is 0 Å². The van der Waals surface area contributed by atoms with Crippen LogP contribution >= 0.6 is 0 Å². The highest BCUT2D eigenvalue weighted by atomic mass is 16.1. The molecule has 0 aromatic heterocycles. The van der Waals surface area contributed by atoms with E-state index in [1.807, 2.05) is 0 Å². The van der Waals surface area contributed by atoms with Crippen molar-refractivity contribution < 1.29 is 9.59 Å². The van der Waals surface area contributed by atoms with Gasteiger partial charge in [0.05, 0.1) is 0 Å². The summed E-state index contributed by atoms with van der Waals surface area (Å²) in [6.45, 7) is 4.64. The van der Waals surface area contributed by atoms with Crippen LogP contribution in [0.2, 0.25) is 0 Å². The molecule has 0 unspecified atom stereocenters. The van der Waals surface area contributed by atoms with Gasteiger partial charge in [0.25, 0.3) is 0 Å². The van der Waals surface area contributed by atoms with E-state index in [-0.39, 0.29) is 10.8 Å². The van der Waals surface area contributed by atoms with Crippen molar-refractivity contribution in [2.75, 3.05) is 0 Å². The molecule has 4 aliphatic rings. The third-order valence-electron chi connectivity index (χ3n) is 7.65. The van der Waals surface area contributed by atoms with Crippen LogP contribution in [0, 0.1) is 28.6 Å². The maximum absolute atomic E-state index is 12.4. The topological polar surface area (TPSA) is 34.1 Å². The normalized spacial score (nSPS) is 49.2. The molecule has 3 saturated carbocycles. The quantitative estimate of drug-likeness (QED) is 0.629. The number of carbonyl (C=O) groups excluding carboxylic acids is 2. The largest absolute Gasteiger partial charge is 0.299 e. The first-order chi connectivity index (χ1) is 9.95. The third kappa shape index (κ3) is 1.71. The summed E-state index contributed by atoms with van der Waals surface area (Å²) in [6, 6.07) is 0. The molecule has 4 aliphatic carbocycles. The van der Waals surface area contributed by atoms with Gasteiger partial charge in [0.1, 0.15) is 11.6 Å². The standard InChI is InChI=1S/C19H26O2/c1-18-9-7-13(20)11-12(18)3-4-14-15-5-6-17(21)19(15,2)10-8-16(14)18/h3,14-16H,4-11H2,1-2H3/t14-,15-,16-,18+,19+/m1/s1. The van der Waals surface area contributed by atoms with E-state index in [0.717, 1.165) is 38.5 Å². The summed E-state index contributed by atoms with van der Waals surface area (Å²) in [5.41, 5.74) is 1.63. The van der Waals surface area contributed by atoms with Crippen LogP contribution in [0.25, 0.3) is 0 Å². The summed E-state index contributed by atoms with van der Waals surface area (Å²) in [4.78, 5) is 24.2. The van der Waals surface area contributed by atoms with E-state index < -0.39 is 0 Å². The van der Waals surface area contributed by atoms with Gasteiger partial charge in [-0.2, -0.15) is 0 Å². The van der Waals surface area contributed by atoms with Crippen molar-refractivity contribution in [3.63, 3.8) is 0 Å². The first kappa shape index (κ1) is 13.7. The molecule has 21 heavy (non-hydrogen) atoms. The predicted molar refractivity (Wildman–Crippen MR) is 81.7 cm³/mol. The minimum absolute atomic E-state index is 0.0344. The molecular formula is C19H26O2. The van der Waals surface area contributed by atoms with Crippen LogP contribution < -0.4 is 0 Å². The van der Waals surface area contributed by atoms with Gasteiger partial charge in [-0.1, -0.05) is 25.5 Å². The maximum atomic E-state index is 12.4. The predicted octanol–water partition coefficient (Wildman–Crippen LogP) is 4.09. The van der Waals surface area contributed by atoms with Gasteiger partial charge in [-0.25, -0.2) is 0 Å². The molecule has 2 heteroatoms. The summed E-state index contributed by atoms with van der Waals surface area (Å²) in [5, 5.41) is 0. The van der Waals surface area contributed by atoms with Crippen LogP contribution in [0.15, 0.2) is 11.6 Å². The molecule has 0 spiro atoms. The first-order valence-electron chi connectivity index (χ1n) is 8.70. The highest BCUT2D eigenvalue weighted by Gasteiger charge is 2.58. The SMILES string of the molecule is C[C@]12CCC(=O)CC1=CC[C@H]1[C@H]2CC[C@]2(C)C(=O)CC[C@H]12. The lowest BCUT2D eigenvalue weighted by Crippen LogP contribution is -2.50. The molecule has 0 radical (unpaired) electrons. The Bertz CT molecular complexity index is 546. The molecule has 4 rings (SSSR count). The van der Waals surface area contributed by atoms with Crippen molar-refractivity contribution in [2.45, 2.75) is 65.2 Å². The molecule has 0 N–H and O–H groups in total. The Morgan fingerprint density at radius 3 is 2.57 bits per heavy atom. The number of hydrogen-bond acceptors (Lipinski definition) is 2. The minimum atomic E-state index is -0.0344. The Balaban J connectivity index is 1.71. The highest BCUT2D eigenvalue weighted by Crippen LogP contribution is 2.63. The lowest BCUT2D eigenvalue weighted by Gasteiger charge is -2.56. The van der Waals surface area contributed by atoms with Crippen molar-refractivity contribution in [3.05, 3.63) is 11.6 Å². The van der Waals surface area contributed by atoms with Gasteiger partial charge >= 0.3 is 0 Å². The first-order valence-corrected chi connectivity index (χ1v) is 8.70. The van der Waals surface area contributed by atoms with Gasteiger partial charge in [0.15, 0.2) is 0 Å². The summed E-state index contributed by atoms with van der Waals surface area (Å²) < 4.78 is 0. The summed E-state index contributed by atoms with van der Waals surface area (Å²) >= 11 is 0. The van der Waals surface area contributed by atoms with Crippen molar-refractivity contribution in [1.82, 2.24) is 0 Å². The fourth-order valence-corrected chi connectivity index (χ4v) is 6.25. The molecule has 0 aliphatic heterocycles. The molecule has 0 aromatic rings. The molecule has 114 valence electrons. The van der Waals surface area contributed by atoms with Crippen LogP contribution in [0.1, 0.15) is 65.2 Å². The lowest BCUT2D eigenvalue weighted by atomic mass is 9.48. The molecule has 0 heterocycles. The Morgan fingerprint density at radius 1 is 1.00 bits per heavy atom. The Kier molecular flexibility index (Phi) is 2.81. The third-order valence-corrected chi connectivity index (χ3v) is 7.65. The molecule has 0 amide bonds. The van der Waals surface area contributed by atoms with Crippen molar-refractivity contribution >= 4 is 11.6 Å². The van der Waals surface area contributed by atoms with Crippen LogP contribution in [-0.4, -0.2) is 11.6 Å². The second-order valence-electron chi connectivity index (χ2n) is 8.39. The molecule has 5 atom stereocenters. The van der Waals surface area contributed by atoms with Crippen molar-refractivity contribution in [3.8, 4) is 0 Å². The zero-order valence-electron chi connectivity index (χ0n) is 13.3. The molecule has 0 bridgehead atoms. The molecule has 3 fully saturated rings. The summed E-state index contributed by atoms with van der Waals surface area (Å²) in [6.07, 6.45) is 10.2. The van der Waals surface area contributed by atoms with E-state index in [2.05, 4.69) is 19.9 Å². The van der Waals surface area contributed by atoms with E-state index in [1.165, 1.54) is 12.0 Å². The lowest BCUT2D eigenvalue weighted by molar-refractivity contribution is -0.132. The number of fused-ring (bicyclic) bond motifs is 5. The minimum Gasteiger partial charge on any atom is -0.299 e. The van der Waals surface area contributed by atoms with Crippen LogP contribution in [0.3, 0.4) is 0 Å². The molecule has 0 aromatic carbocycles. The molecule has 2 nitrogen and oxygen atoms in total. The number of Topliss-reactive ketones (excluding diaryl/α,β-unsaturated/α-hetero) is 2. The van der Waals surface area contributed by atoms with E-state index in [9.17, 15) is 9.59 Å². The number of allylic oxidation sites excluding steroid dienone is 2. The molecular weight excluding hydrogens is 260 g/mol. The van der Waals surface area contributed by atoms with E-state index in [4.69, 9.17) is 0 Å². The molecule has 0 saturated heterocycles. The van der Waals surface area contributed by atoms with Gasteiger partial charge in [-0.3, -0.25) is 9.59 Å². The van der Waals surface area contributed by atoms with Gasteiger partial charge in [0, 0.05) is 24.7 Å². The number of carbonyl (C=O) groups is 2. The number of ketones is 2. The average Bonchev–Trinajstić information content (AvgIpc) is 2.76. The second kappa shape index (κ2) is 4.30. The number of hydrogen-bond donors (Lipinski definition) is 0. The Hall–Kier alpha value is -0.920. The zero-order valence-corrected chi connectivity index (χ0v) is 13.3. The zero-order chi connectivity index (χ0) is 14.8. The van der Waals surface area contributed by atoms with Crippen LogP contribution in [-0.2, 0) is 9.59 Å². The smallest absolute Gasteiger partial charge is 0.139 e. The van der Waals surface area contributed by atoms with Gasteiger partial charge in [0.2, 0.25) is 0 Å². The second-order valence-corrected chi connectivity index (χ2v) is 8.39. The Morgan fingerprint density at radius 2 is 1.76 bits per heavy atom. The monoisotopic (exact) mass is 286 g/mol. The fraction of sp³-hybridized carbons (Fsp3) is 0.789. The average molecular weight is 286 g/mol. The van der Waals surface area contributed by atoms with Crippen molar-refractivity contribution in [2.24, 2.45) is 28.6 Å². The highest BCUT2D eigenvalue weighted by molar-refractivity contribution is 5.87. The summed E-state index contributed by atoms with van der Waals surface area (Å²) in [5.74, 6) is 2.92. The van der Waals surface area contributed by atoms with Crippen LogP contribution in [0.5, 0.6) is 0 Å². The van der Waals surface area contributed by atoms with Crippen LogP contribution in [0.4, 0.5) is 0 Å². The van der Waals surface area contributed by atoms with E-state index in [0.29, 0.717) is 35.7 Å². The maximum Gasteiger partial charge on any atom is 0.139 e. The van der Waals surface area contributed by atoms with Gasteiger partial charge in [-0.15, -0.1) is 0 Å². The summed E-state index contributed by atoms with van der Waals surface area (Å²) in [7, 11) is 0. The van der Waals surface area contributed by atoms with Gasteiger partial charge < -0.3 is 0 Å². The van der Waals surface area contributed by atoms with Crippen molar-refractivity contribution in [1.29, 1.82) is 0 Å². The van der Waals surface area contributed by atoms with Gasteiger partial charge in [-0.05, 0) is 55.3 Å². The fourth-order valence-electron chi connectivity index (χ4n) is 6.25.